The SMILES string of the molecule is Cc1ccc(-c2ccc(-c3ccncc3)nc2-c2ccc(C)cc2)cc1.Cc1ccc(-c2cnccn2)nc1C.Cc1ccc(-c2ncccn2)nc1C.Cc1cccnc1-c1ccc(-c2ccccc2)c(-c2ccccc2)n1.Cc1cncc(-c2ccc3c(n2)CCCC3)c1.c1cc(-c2ccc3c(n2)CCCC3)ccn1.c1ccc(-c2ccc(-c3ccccn3)nc2-c2ccccc2)cc1. The molecule has 0 saturated carbocycles. The molecule has 0 radical (unpaired) electrons. The molecular formula is C120H106N16. The second-order valence-corrected chi connectivity index (χ2v) is 33.5. The minimum Gasteiger partial charge on any atom is -0.265 e. The molecule has 16 nitrogen and oxygen atoms in total. The molecule has 2 aliphatic rings. The topological polar surface area (TPSA) is 206 Å². The second-order valence-electron chi connectivity index (χ2n) is 33.5. The van der Waals surface area contributed by atoms with Gasteiger partial charge in [-0.1, -0.05) is 223 Å². The lowest BCUT2D eigenvalue weighted by Gasteiger charge is -2.15. The molecule has 0 atom stereocenters. The summed E-state index contributed by atoms with van der Waals surface area (Å²) < 4.78 is 0. The Morgan fingerprint density at radius 3 is 1.11 bits per heavy atom. The van der Waals surface area contributed by atoms with E-state index in [2.05, 4.69) is 271 Å². The van der Waals surface area contributed by atoms with Crippen molar-refractivity contribution in [2.75, 3.05) is 0 Å². The van der Waals surface area contributed by atoms with Crippen molar-refractivity contribution in [1.29, 1.82) is 0 Å². The Kier molecular flexibility index (Phi) is 31.6. The summed E-state index contributed by atoms with van der Waals surface area (Å²) in [4.78, 5) is 71.1. The van der Waals surface area contributed by atoms with Crippen molar-refractivity contribution in [3.63, 3.8) is 0 Å². The number of nitrogens with zero attached hydrogens (tertiary/aromatic N) is 16. The highest BCUT2D eigenvalue weighted by molar-refractivity contribution is 5.86. The quantitative estimate of drug-likeness (QED) is 0.105. The van der Waals surface area contributed by atoms with Gasteiger partial charge < -0.3 is 0 Å². The first kappa shape index (κ1) is 92.5. The number of hydrogen-bond donors (Lipinski definition) is 0. The van der Waals surface area contributed by atoms with Crippen molar-refractivity contribution in [3.8, 4) is 147 Å². The Morgan fingerprint density at radius 2 is 0.603 bits per heavy atom. The Morgan fingerprint density at radius 1 is 0.191 bits per heavy atom. The fourth-order valence-electron chi connectivity index (χ4n) is 15.9. The van der Waals surface area contributed by atoms with Crippen molar-refractivity contribution in [2.45, 2.75) is 107 Å². The van der Waals surface area contributed by atoms with Gasteiger partial charge in [0.1, 0.15) is 11.4 Å². The molecule has 0 fully saturated rings. The van der Waals surface area contributed by atoms with Crippen LogP contribution in [0, 0.1) is 55.4 Å². The third-order valence-corrected chi connectivity index (χ3v) is 23.6. The number of aryl methyl sites for hydroxylation is 12. The molecule has 0 amide bonds. The highest BCUT2D eigenvalue weighted by atomic mass is 14.9. The molecule has 0 spiro atoms. The Labute approximate surface area is 797 Å². The zero-order chi connectivity index (χ0) is 93.6. The molecule has 20 aromatic rings. The van der Waals surface area contributed by atoms with Crippen LogP contribution in [0.2, 0.25) is 0 Å². The first-order valence-corrected chi connectivity index (χ1v) is 46.1. The van der Waals surface area contributed by atoms with Gasteiger partial charge in [0.2, 0.25) is 0 Å². The van der Waals surface area contributed by atoms with Crippen LogP contribution < -0.4 is 0 Å². The smallest absolute Gasteiger partial charge is 0.178 e. The summed E-state index contributed by atoms with van der Waals surface area (Å²) in [5, 5.41) is 0. The highest BCUT2D eigenvalue weighted by Crippen LogP contribution is 2.38. The number of aromatic nitrogens is 16. The van der Waals surface area contributed by atoms with E-state index in [0.29, 0.717) is 5.82 Å². The molecule has 136 heavy (non-hydrogen) atoms. The summed E-state index contributed by atoms with van der Waals surface area (Å²) in [6.07, 6.45) is 32.9. The summed E-state index contributed by atoms with van der Waals surface area (Å²) >= 11 is 0. The van der Waals surface area contributed by atoms with Crippen LogP contribution in [0.25, 0.3) is 147 Å². The standard InChI is InChI=1S/C24H20N2.C23H18N2.C22H16N2.C15H16N2.C14H14N2.2C11H11N3/c1-17-3-7-19(8-4-17)22-11-12-23(20-13-15-25-16-14-20)26-24(22)21-9-5-18(2)6-10-21;1-17-9-8-16-24-22(17)21-15-14-20(18-10-4-2-5-11-18)23(25-21)19-12-6-3-7-13-19;1-3-9-17(10-4-1)19-14-15-21(20-13-7-8-16-23-20)24-22(19)18-11-5-2-6-12-18;1-11-8-13(10-16-9-11)15-7-6-12-4-2-3-5-14(12)17-15;1-2-4-13-11(3-1)5-6-14(16-13)12-7-9-15-10-8-12;1-8-4-5-10(14-9(8)2)11-12-6-3-7-13-11;1-8-3-4-10(14-9(8)2)11-7-12-5-6-13-11/h3-16H,1-2H3;2-16H,1H3;1-16H;6-10H,2-5H2,1H3;5-10H,1-4H2;2*3-7H,1-2H3. The Hall–Kier alpha value is -16.7. The minimum atomic E-state index is 0.676. The fraction of sp³-hybridized carbons (Fsp3) is 0.133. The second kappa shape index (κ2) is 46.4. The van der Waals surface area contributed by atoms with Gasteiger partial charge in [0.05, 0.1) is 68.8 Å². The van der Waals surface area contributed by atoms with Crippen LogP contribution in [-0.4, -0.2) is 79.7 Å². The molecule has 2 aliphatic carbocycles. The lowest BCUT2D eigenvalue weighted by atomic mass is 9.95. The predicted molar refractivity (Wildman–Crippen MR) is 552 cm³/mol. The van der Waals surface area contributed by atoms with Crippen molar-refractivity contribution < 1.29 is 0 Å². The van der Waals surface area contributed by atoms with E-state index in [9.17, 15) is 0 Å². The Balaban J connectivity index is 0.000000117. The van der Waals surface area contributed by atoms with Crippen molar-refractivity contribution >= 4 is 0 Å². The summed E-state index contributed by atoms with van der Waals surface area (Å²) in [5.74, 6) is 0.676. The summed E-state index contributed by atoms with van der Waals surface area (Å²) in [7, 11) is 0. The average molecular weight is 1770 g/mol. The van der Waals surface area contributed by atoms with Gasteiger partial charge in [-0.2, -0.15) is 0 Å². The number of pyridine rings is 12. The first-order valence-electron chi connectivity index (χ1n) is 46.1. The maximum atomic E-state index is 5.01. The van der Waals surface area contributed by atoms with E-state index in [-0.39, 0.29) is 0 Å². The molecule has 666 valence electrons. The van der Waals surface area contributed by atoms with E-state index in [1.165, 1.54) is 94.4 Å². The number of benzene rings is 6. The monoisotopic (exact) mass is 1770 g/mol. The molecule has 22 rings (SSSR count). The van der Waals surface area contributed by atoms with E-state index in [4.69, 9.17) is 24.9 Å². The molecule has 6 aromatic carbocycles. The van der Waals surface area contributed by atoms with Crippen LogP contribution >= 0.6 is 0 Å². The van der Waals surface area contributed by atoms with Crippen LogP contribution in [0.1, 0.15) is 93.0 Å². The maximum Gasteiger partial charge on any atom is 0.178 e. The summed E-state index contributed by atoms with van der Waals surface area (Å²) in [6.45, 7) is 16.4. The van der Waals surface area contributed by atoms with Crippen molar-refractivity contribution in [3.05, 3.63) is 469 Å². The van der Waals surface area contributed by atoms with E-state index < -0.39 is 0 Å². The average Bonchev–Trinajstić information content (AvgIpc) is 0.802. The predicted octanol–water partition coefficient (Wildman–Crippen LogP) is 28.0. The summed E-state index contributed by atoms with van der Waals surface area (Å²) in [6, 6.07) is 110. The van der Waals surface area contributed by atoms with E-state index in [1.807, 2.05) is 186 Å². The molecule has 0 bridgehead atoms. The third kappa shape index (κ3) is 24.7. The Bertz CT molecular complexity index is 7170. The summed E-state index contributed by atoms with van der Waals surface area (Å²) in [5.41, 5.74) is 40.5. The third-order valence-electron chi connectivity index (χ3n) is 23.6. The van der Waals surface area contributed by atoms with E-state index >= 15 is 0 Å². The largest absolute Gasteiger partial charge is 0.265 e. The zero-order valence-corrected chi connectivity index (χ0v) is 77.9. The van der Waals surface area contributed by atoms with Gasteiger partial charge in [0.25, 0.3) is 0 Å². The first-order chi connectivity index (χ1) is 66.7. The van der Waals surface area contributed by atoms with Gasteiger partial charge >= 0.3 is 0 Å². The van der Waals surface area contributed by atoms with E-state index in [1.54, 1.807) is 55.6 Å². The van der Waals surface area contributed by atoms with Crippen LogP contribution in [0.4, 0.5) is 0 Å². The van der Waals surface area contributed by atoms with Crippen LogP contribution in [0.3, 0.4) is 0 Å². The van der Waals surface area contributed by atoms with Gasteiger partial charge in [0.15, 0.2) is 5.82 Å². The van der Waals surface area contributed by atoms with Crippen molar-refractivity contribution in [2.24, 2.45) is 0 Å². The number of rotatable bonds is 13. The molecular weight excluding hydrogens is 1670 g/mol. The van der Waals surface area contributed by atoms with Crippen LogP contribution in [0.5, 0.6) is 0 Å². The fourth-order valence-corrected chi connectivity index (χ4v) is 15.9. The van der Waals surface area contributed by atoms with Crippen molar-refractivity contribution in [1.82, 2.24) is 79.7 Å². The molecule has 0 N–H and O–H groups in total. The minimum absolute atomic E-state index is 0.676. The van der Waals surface area contributed by atoms with Gasteiger partial charge in [0, 0.05) is 147 Å². The molecule has 14 heterocycles. The zero-order valence-electron chi connectivity index (χ0n) is 77.9. The molecule has 14 aromatic heterocycles. The van der Waals surface area contributed by atoms with E-state index in [0.717, 1.165) is 165 Å². The van der Waals surface area contributed by atoms with Crippen LogP contribution in [0.15, 0.2) is 402 Å². The molecule has 0 aliphatic heterocycles. The van der Waals surface area contributed by atoms with Crippen LogP contribution in [-0.2, 0) is 25.7 Å². The van der Waals surface area contributed by atoms with Gasteiger partial charge in [-0.05, 0) is 266 Å². The lowest BCUT2D eigenvalue weighted by Crippen LogP contribution is -2.05. The maximum absolute atomic E-state index is 5.01. The number of hydrogen-bond acceptors (Lipinski definition) is 16. The van der Waals surface area contributed by atoms with Gasteiger partial charge in [-0.3, -0.25) is 49.8 Å². The lowest BCUT2D eigenvalue weighted by molar-refractivity contribution is 0.668. The highest BCUT2D eigenvalue weighted by Gasteiger charge is 2.19. The molecule has 16 heteroatoms. The van der Waals surface area contributed by atoms with Gasteiger partial charge in [-0.25, -0.2) is 29.9 Å². The number of fused-ring (bicyclic) bond motifs is 2. The van der Waals surface area contributed by atoms with Gasteiger partial charge in [-0.15, -0.1) is 0 Å². The normalized spacial score (nSPS) is 11.4. The molecule has 0 unspecified atom stereocenters. The molecule has 0 saturated heterocycles.